The lowest BCUT2D eigenvalue weighted by atomic mass is 9.92. The van der Waals surface area contributed by atoms with Gasteiger partial charge >= 0.3 is 11.9 Å². The number of carbonyl (C=O) groups is 2. The first-order valence-electron chi connectivity index (χ1n) is 9.35. The van der Waals surface area contributed by atoms with Gasteiger partial charge in [-0.25, -0.2) is 4.68 Å². The minimum Gasteiger partial charge on any atom is -0.465 e. The molecule has 0 fully saturated rings. The molecular formula is C20H20N4O6. The van der Waals surface area contributed by atoms with Crippen LogP contribution >= 0.6 is 0 Å². The van der Waals surface area contributed by atoms with E-state index in [1.165, 1.54) is 28.9 Å². The fourth-order valence-corrected chi connectivity index (χ4v) is 3.18. The first-order chi connectivity index (χ1) is 14.5. The van der Waals surface area contributed by atoms with Crippen molar-refractivity contribution in [1.82, 2.24) is 15.0 Å². The number of carbonyl (C=O) groups excluding carboxylic acids is 2. The van der Waals surface area contributed by atoms with Gasteiger partial charge in [0.15, 0.2) is 5.92 Å². The average molecular weight is 412 g/mol. The highest BCUT2D eigenvalue weighted by atomic mass is 16.6. The maximum atomic E-state index is 12.8. The third-order valence-electron chi connectivity index (χ3n) is 4.48. The van der Waals surface area contributed by atoms with Gasteiger partial charge in [0.1, 0.15) is 11.6 Å². The van der Waals surface area contributed by atoms with Gasteiger partial charge in [-0.1, -0.05) is 29.5 Å². The lowest BCUT2D eigenvalue weighted by Gasteiger charge is -2.25. The number of nitro benzene ring substituents is 1. The second kappa shape index (κ2) is 9.12. The fraction of sp³-hybridized carbons (Fsp3) is 0.300. The van der Waals surface area contributed by atoms with Crippen LogP contribution in [0.3, 0.4) is 0 Å². The number of aromatic nitrogens is 3. The monoisotopic (exact) mass is 412 g/mol. The van der Waals surface area contributed by atoms with Gasteiger partial charge in [0.25, 0.3) is 5.69 Å². The summed E-state index contributed by atoms with van der Waals surface area (Å²) in [5.41, 5.74) is 1.47. The summed E-state index contributed by atoms with van der Waals surface area (Å²) in [6, 6.07) is 11.6. The predicted molar refractivity (Wildman–Crippen MR) is 106 cm³/mol. The van der Waals surface area contributed by atoms with E-state index in [9.17, 15) is 19.7 Å². The zero-order chi connectivity index (χ0) is 21.7. The number of benzene rings is 2. The molecule has 0 aliphatic rings. The molecule has 0 saturated carbocycles. The van der Waals surface area contributed by atoms with Gasteiger partial charge in [-0.15, -0.1) is 5.10 Å². The van der Waals surface area contributed by atoms with Crippen LogP contribution in [-0.4, -0.2) is 45.1 Å². The second-order valence-electron chi connectivity index (χ2n) is 6.30. The number of para-hydroxylation sites is 1. The molecule has 0 aliphatic heterocycles. The lowest BCUT2D eigenvalue weighted by molar-refractivity contribution is -0.384. The highest BCUT2D eigenvalue weighted by Crippen LogP contribution is 2.32. The van der Waals surface area contributed by atoms with Crippen LogP contribution in [0, 0.1) is 16.0 Å². The molecule has 0 N–H and O–H groups in total. The number of hydrogen-bond acceptors (Lipinski definition) is 8. The van der Waals surface area contributed by atoms with Gasteiger partial charge in [0.2, 0.25) is 0 Å². The van der Waals surface area contributed by atoms with Crippen molar-refractivity contribution in [2.45, 2.75) is 19.9 Å². The molecule has 1 aromatic heterocycles. The molecule has 10 heteroatoms. The second-order valence-corrected chi connectivity index (χ2v) is 6.30. The number of nitrogens with zero attached hydrogens (tertiary/aromatic N) is 4. The van der Waals surface area contributed by atoms with Crippen LogP contribution in [0.4, 0.5) is 5.69 Å². The molecule has 0 aliphatic carbocycles. The lowest BCUT2D eigenvalue weighted by Crippen LogP contribution is -2.37. The molecule has 1 heterocycles. The minimum absolute atomic E-state index is 0.0693. The summed E-state index contributed by atoms with van der Waals surface area (Å²) in [4.78, 5) is 36.1. The molecule has 0 amide bonds. The standard InChI is InChI=1S/C20H20N4O6/c1-3-29-19(25)17(20(26)30-4-2)18(13-9-11-14(12-10-13)24(27)28)23-16-8-6-5-7-15(16)21-22-23/h5-12,17-18H,3-4H2,1-2H3. The normalized spacial score (nSPS) is 12.0. The highest BCUT2D eigenvalue weighted by Gasteiger charge is 2.41. The van der Waals surface area contributed by atoms with Crippen molar-refractivity contribution in [3.8, 4) is 0 Å². The molecule has 3 rings (SSSR count). The Bertz CT molecular complexity index is 1040. The topological polar surface area (TPSA) is 126 Å². The molecule has 0 bridgehead atoms. The van der Waals surface area contributed by atoms with Gasteiger partial charge < -0.3 is 9.47 Å². The predicted octanol–water partition coefficient (Wildman–Crippen LogP) is 2.67. The number of fused-ring (bicyclic) bond motifs is 1. The van der Waals surface area contributed by atoms with E-state index in [1.54, 1.807) is 38.1 Å². The Balaban J connectivity index is 2.20. The molecule has 1 unspecified atom stereocenters. The molecule has 30 heavy (non-hydrogen) atoms. The summed E-state index contributed by atoms with van der Waals surface area (Å²) < 4.78 is 11.7. The third-order valence-corrected chi connectivity index (χ3v) is 4.48. The van der Waals surface area contributed by atoms with Crippen LogP contribution in [0.5, 0.6) is 0 Å². The van der Waals surface area contributed by atoms with E-state index in [0.717, 1.165) is 0 Å². The summed E-state index contributed by atoms with van der Waals surface area (Å²) in [5, 5.41) is 19.3. The third kappa shape index (κ3) is 4.12. The molecule has 0 spiro atoms. The van der Waals surface area contributed by atoms with Gasteiger partial charge in [0.05, 0.1) is 23.7 Å². The number of hydrogen-bond donors (Lipinski definition) is 0. The van der Waals surface area contributed by atoms with E-state index in [2.05, 4.69) is 10.3 Å². The molecule has 10 nitrogen and oxygen atoms in total. The first kappa shape index (κ1) is 20.9. The van der Waals surface area contributed by atoms with Crippen molar-refractivity contribution in [2.24, 2.45) is 5.92 Å². The Morgan fingerprint density at radius 1 is 1.03 bits per heavy atom. The Morgan fingerprint density at radius 3 is 2.20 bits per heavy atom. The fourth-order valence-electron chi connectivity index (χ4n) is 3.18. The Kier molecular flexibility index (Phi) is 6.35. The van der Waals surface area contributed by atoms with E-state index >= 15 is 0 Å². The SMILES string of the molecule is CCOC(=O)C(C(=O)OCC)C(c1ccc([N+](=O)[O-])cc1)n1nnc2ccccc21. The van der Waals surface area contributed by atoms with Crippen molar-refractivity contribution in [1.29, 1.82) is 0 Å². The van der Waals surface area contributed by atoms with E-state index in [-0.39, 0.29) is 18.9 Å². The number of ether oxygens (including phenoxy) is 2. The number of esters is 2. The molecule has 156 valence electrons. The molecule has 2 aromatic carbocycles. The summed E-state index contributed by atoms with van der Waals surface area (Å²) in [7, 11) is 0. The van der Waals surface area contributed by atoms with Crippen molar-refractivity contribution >= 4 is 28.7 Å². The van der Waals surface area contributed by atoms with E-state index in [1.807, 2.05) is 0 Å². The van der Waals surface area contributed by atoms with Gasteiger partial charge in [-0.05, 0) is 31.5 Å². The number of rotatable bonds is 8. The van der Waals surface area contributed by atoms with Crippen molar-refractivity contribution in [3.05, 3.63) is 64.2 Å². The summed E-state index contributed by atoms with van der Waals surface area (Å²) in [5.74, 6) is -2.94. The maximum Gasteiger partial charge on any atom is 0.322 e. The minimum atomic E-state index is -1.38. The van der Waals surface area contributed by atoms with E-state index in [0.29, 0.717) is 16.6 Å². The smallest absolute Gasteiger partial charge is 0.322 e. The van der Waals surface area contributed by atoms with Crippen LogP contribution in [0.15, 0.2) is 48.5 Å². The van der Waals surface area contributed by atoms with Gasteiger partial charge in [0, 0.05) is 12.1 Å². The largest absolute Gasteiger partial charge is 0.465 e. The zero-order valence-electron chi connectivity index (χ0n) is 16.4. The van der Waals surface area contributed by atoms with Crippen LogP contribution in [0.25, 0.3) is 11.0 Å². The van der Waals surface area contributed by atoms with Crippen molar-refractivity contribution in [3.63, 3.8) is 0 Å². The Hall–Kier alpha value is -3.82. The highest BCUT2D eigenvalue weighted by molar-refractivity contribution is 5.96. The van der Waals surface area contributed by atoms with Gasteiger partial charge in [-0.2, -0.15) is 0 Å². The molecule has 0 saturated heterocycles. The Morgan fingerprint density at radius 2 is 1.63 bits per heavy atom. The van der Waals surface area contributed by atoms with Crippen LogP contribution in [0.1, 0.15) is 25.5 Å². The number of nitro groups is 1. The van der Waals surface area contributed by atoms with Crippen LogP contribution in [0.2, 0.25) is 0 Å². The summed E-state index contributed by atoms with van der Waals surface area (Å²) in [6.45, 7) is 3.40. The van der Waals surface area contributed by atoms with E-state index in [4.69, 9.17) is 9.47 Å². The summed E-state index contributed by atoms with van der Waals surface area (Å²) >= 11 is 0. The molecule has 1 atom stereocenters. The van der Waals surface area contributed by atoms with Crippen LogP contribution in [-0.2, 0) is 19.1 Å². The first-order valence-corrected chi connectivity index (χ1v) is 9.35. The zero-order valence-corrected chi connectivity index (χ0v) is 16.4. The quantitative estimate of drug-likeness (QED) is 0.239. The average Bonchev–Trinajstić information content (AvgIpc) is 3.16. The molecule has 3 aromatic rings. The van der Waals surface area contributed by atoms with Crippen molar-refractivity contribution in [2.75, 3.05) is 13.2 Å². The van der Waals surface area contributed by atoms with E-state index < -0.39 is 28.8 Å². The maximum absolute atomic E-state index is 12.8. The summed E-state index contributed by atoms with van der Waals surface area (Å²) in [6.07, 6.45) is 0. The molecular weight excluding hydrogens is 392 g/mol. The Labute approximate surface area is 171 Å². The van der Waals surface area contributed by atoms with Gasteiger partial charge in [-0.3, -0.25) is 19.7 Å². The van der Waals surface area contributed by atoms with Crippen molar-refractivity contribution < 1.29 is 24.0 Å². The number of non-ortho nitro benzene ring substituents is 1. The molecule has 0 radical (unpaired) electrons. The van der Waals surface area contributed by atoms with Crippen LogP contribution < -0.4 is 0 Å².